The van der Waals surface area contributed by atoms with E-state index in [1.165, 1.54) is 4.90 Å². The highest BCUT2D eigenvalue weighted by Crippen LogP contribution is 2.26. The summed E-state index contributed by atoms with van der Waals surface area (Å²) in [6.45, 7) is 0.178. The lowest BCUT2D eigenvalue weighted by atomic mass is 10.1. The summed E-state index contributed by atoms with van der Waals surface area (Å²) in [5, 5.41) is 5.83. The van der Waals surface area contributed by atoms with Crippen LogP contribution >= 0.6 is 15.9 Å². The molecule has 1 saturated carbocycles. The molecule has 2 aliphatic rings. The van der Waals surface area contributed by atoms with Crippen molar-refractivity contribution in [3.63, 3.8) is 0 Å². The molecule has 32 heavy (non-hydrogen) atoms. The third kappa shape index (κ3) is 4.91. The normalized spacial score (nSPS) is 15.7. The Labute approximate surface area is 194 Å². The van der Waals surface area contributed by atoms with E-state index in [2.05, 4.69) is 26.6 Å². The number of halogens is 1. The van der Waals surface area contributed by atoms with E-state index in [4.69, 9.17) is 0 Å². The standard InChI is InChI=1S/C24H24BrN3O4/c25-16-9-12-19-20(14-16)24(32)28(23(19)31)13-3-6-21(29)26-18-10-7-15(8-11-18)22(30)27-17-4-1-2-5-17/h7-12,14,17H,1-6,13H2,(H,26,29)(H,27,30). The predicted molar refractivity (Wildman–Crippen MR) is 124 cm³/mol. The van der Waals surface area contributed by atoms with E-state index in [0.29, 0.717) is 28.8 Å². The Morgan fingerprint density at radius 2 is 1.66 bits per heavy atom. The topological polar surface area (TPSA) is 95.6 Å². The van der Waals surface area contributed by atoms with Gasteiger partial charge in [0.2, 0.25) is 5.91 Å². The third-order valence-electron chi connectivity index (χ3n) is 5.84. The molecule has 8 heteroatoms. The molecule has 2 aromatic carbocycles. The number of benzene rings is 2. The number of amides is 4. The average Bonchev–Trinajstić information content (AvgIpc) is 3.36. The number of rotatable bonds is 7. The van der Waals surface area contributed by atoms with Crippen LogP contribution in [-0.4, -0.2) is 41.1 Å². The molecule has 4 rings (SSSR count). The lowest BCUT2D eigenvalue weighted by Crippen LogP contribution is -2.32. The first-order chi connectivity index (χ1) is 15.4. The highest BCUT2D eigenvalue weighted by Gasteiger charge is 2.35. The lowest BCUT2D eigenvalue weighted by Gasteiger charge is -2.14. The molecule has 2 N–H and O–H groups in total. The van der Waals surface area contributed by atoms with Gasteiger partial charge >= 0.3 is 0 Å². The van der Waals surface area contributed by atoms with Crippen LogP contribution in [0.5, 0.6) is 0 Å². The monoisotopic (exact) mass is 497 g/mol. The zero-order valence-electron chi connectivity index (χ0n) is 17.5. The van der Waals surface area contributed by atoms with Crippen molar-refractivity contribution in [2.45, 2.75) is 44.6 Å². The quantitative estimate of drug-likeness (QED) is 0.561. The molecule has 1 aliphatic carbocycles. The van der Waals surface area contributed by atoms with Gasteiger partial charge in [0.05, 0.1) is 11.1 Å². The number of anilines is 1. The van der Waals surface area contributed by atoms with Gasteiger partial charge in [-0.1, -0.05) is 28.8 Å². The molecule has 0 unspecified atom stereocenters. The fourth-order valence-corrected chi connectivity index (χ4v) is 4.49. The molecule has 7 nitrogen and oxygen atoms in total. The second kappa shape index (κ2) is 9.65. The summed E-state index contributed by atoms with van der Waals surface area (Å²) in [7, 11) is 0. The second-order valence-corrected chi connectivity index (χ2v) is 9.05. The molecule has 1 heterocycles. The third-order valence-corrected chi connectivity index (χ3v) is 6.33. The van der Waals surface area contributed by atoms with Crippen molar-refractivity contribution in [2.24, 2.45) is 0 Å². The van der Waals surface area contributed by atoms with Crippen LogP contribution in [0.25, 0.3) is 0 Å². The molecule has 1 fully saturated rings. The molecule has 0 atom stereocenters. The minimum absolute atomic E-state index is 0.0947. The van der Waals surface area contributed by atoms with Gasteiger partial charge in [-0.3, -0.25) is 24.1 Å². The summed E-state index contributed by atoms with van der Waals surface area (Å²) in [4.78, 5) is 50.7. The zero-order valence-corrected chi connectivity index (χ0v) is 19.1. The average molecular weight is 498 g/mol. The number of nitrogens with one attached hydrogen (secondary N) is 2. The van der Waals surface area contributed by atoms with Gasteiger partial charge in [-0.15, -0.1) is 0 Å². The zero-order chi connectivity index (χ0) is 22.7. The van der Waals surface area contributed by atoms with E-state index < -0.39 is 0 Å². The Kier molecular flexibility index (Phi) is 6.69. The van der Waals surface area contributed by atoms with Crippen molar-refractivity contribution in [1.82, 2.24) is 10.2 Å². The fourth-order valence-electron chi connectivity index (χ4n) is 4.13. The molecule has 0 aromatic heterocycles. The first-order valence-electron chi connectivity index (χ1n) is 10.8. The summed E-state index contributed by atoms with van der Waals surface area (Å²) in [6.07, 6.45) is 4.89. The minimum atomic E-state index is -0.335. The summed E-state index contributed by atoms with van der Waals surface area (Å²) in [5.41, 5.74) is 1.93. The molecule has 2 aromatic rings. The fraction of sp³-hybridized carbons (Fsp3) is 0.333. The van der Waals surface area contributed by atoms with Crippen LogP contribution in [0, 0.1) is 0 Å². The van der Waals surface area contributed by atoms with Crippen LogP contribution in [0.1, 0.15) is 69.6 Å². The molecular weight excluding hydrogens is 474 g/mol. The Bertz CT molecular complexity index is 1060. The number of hydrogen-bond donors (Lipinski definition) is 2. The Balaban J connectivity index is 1.24. The van der Waals surface area contributed by atoms with Gasteiger partial charge in [0.15, 0.2) is 0 Å². The highest BCUT2D eigenvalue weighted by molar-refractivity contribution is 9.10. The number of carbonyl (C=O) groups excluding carboxylic acids is 4. The summed E-state index contributed by atoms with van der Waals surface area (Å²) >= 11 is 3.31. The SMILES string of the molecule is O=C(CCCN1C(=O)c2ccc(Br)cc2C1=O)Nc1ccc(C(=O)NC2CCCC2)cc1. The van der Waals surface area contributed by atoms with Gasteiger partial charge in [0.25, 0.3) is 17.7 Å². The van der Waals surface area contributed by atoms with E-state index >= 15 is 0 Å². The van der Waals surface area contributed by atoms with Gasteiger partial charge < -0.3 is 10.6 Å². The summed E-state index contributed by atoms with van der Waals surface area (Å²) < 4.78 is 0.737. The van der Waals surface area contributed by atoms with Gasteiger partial charge in [0.1, 0.15) is 0 Å². The maximum atomic E-state index is 12.5. The lowest BCUT2D eigenvalue weighted by molar-refractivity contribution is -0.116. The minimum Gasteiger partial charge on any atom is -0.349 e. The summed E-state index contributed by atoms with van der Waals surface area (Å²) in [5.74, 6) is -0.974. The first-order valence-corrected chi connectivity index (χ1v) is 11.6. The van der Waals surface area contributed by atoms with E-state index in [1.807, 2.05) is 0 Å². The predicted octanol–water partition coefficient (Wildman–Crippen LogP) is 4.14. The number of hydrogen-bond acceptors (Lipinski definition) is 4. The number of fused-ring (bicyclic) bond motifs is 1. The van der Waals surface area contributed by atoms with E-state index in [-0.39, 0.29) is 42.6 Å². The molecule has 0 spiro atoms. The maximum Gasteiger partial charge on any atom is 0.261 e. The Morgan fingerprint density at radius 1 is 0.969 bits per heavy atom. The van der Waals surface area contributed by atoms with Crippen LogP contribution < -0.4 is 10.6 Å². The van der Waals surface area contributed by atoms with Crippen LogP contribution in [0.15, 0.2) is 46.9 Å². The van der Waals surface area contributed by atoms with Crippen molar-refractivity contribution in [3.05, 3.63) is 63.6 Å². The van der Waals surface area contributed by atoms with Gasteiger partial charge in [-0.25, -0.2) is 0 Å². The molecule has 166 valence electrons. The van der Waals surface area contributed by atoms with Crippen LogP contribution in [0.2, 0.25) is 0 Å². The van der Waals surface area contributed by atoms with Gasteiger partial charge in [-0.05, 0) is 61.7 Å². The number of carbonyl (C=O) groups is 4. The van der Waals surface area contributed by atoms with E-state index in [1.54, 1.807) is 42.5 Å². The Morgan fingerprint density at radius 3 is 2.38 bits per heavy atom. The van der Waals surface area contributed by atoms with Gasteiger partial charge in [0, 0.05) is 34.7 Å². The largest absolute Gasteiger partial charge is 0.349 e. The smallest absolute Gasteiger partial charge is 0.261 e. The van der Waals surface area contributed by atoms with Crippen molar-refractivity contribution < 1.29 is 19.2 Å². The van der Waals surface area contributed by atoms with E-state index in [0.717, 1.165) is 30.2 Å². The first kappa shape index (κ1) is 22.2. The van der Waals surface area contributed by atoms with Gasteiger partial charge in [-0.2, -0.15) is 0 Å². The molecule has 1 aliphatic heterocycles. The number of nitrogens with zero attached hydrogens (tertiary/aromatic N) is 1. The van der Waals surface area contributed by atoms with Crippen LogP contribution in [0.3, 0.4) is 0 Å². The van der Waals surface area contributed by atoms with Crippen molar-refractivity contribution in [1.29, 1.82) is 0 Å². The highest BCUT2D eigenvalue weighted by atomic mass is 79.9. The van der Waals surface area contributed by atoms with E-state index in [9.17, 15) is 19.2 Å². The summed E-state index contributed by atoms with van der Waals surface area (Å²) in [6, 6.07) is 12.0. The maximum absolute atomic E-state index is 12.5. The van der Waals surface area contributed by atoms with Crippen LogP contribution in [0.4, 0.5) is 5.69 Å². The Hall–Kier alpha value is -3.00. The second-order valence-electron chi connectivity index (χ2n) is 8.14. The molecular formula is C24H24BrN3O4. The molecule has 0 bridgehead atoms. The van der Waals surface area contributed by atoms with Crippen LogP contribution in [-0.2, 0) is 4.79 Å². The van der Waals surface area contributed by atoms with Crippen molar-refractivity contribution in [2.75, 3.05) is 11.9 Å². The van der Waals surface area contributed by atoms with Crippen molar-refractivity contribution in [3.8, 4) is 0 Å². The molecule has 4 amide bonds. The van der Waals surface area contributed by atoms with Crippen molar-refractivity contribution >= 4 is 45.2 Å². The molecule has 0 radical (unpaired) electrons. The molecule has 0 saturated heterocycles. The number of imide groups is 1.